The van der Waals surface area contributed by atoms with Gasteiger partial charge in [0.2, 0.25) is 0 Å². The number of nitrogens with one attached hydrogen (secondary N) is 3. The van der Waals surface area contributed by atoms with Crippen molar-refractivity contribution in [2.24, 2.45) is 10.9 Å². The second kappa shape index (κ2) is 11.9. The molecule has 0 bridgehead atoms. The Labute approximate surface area is 171 Å². The van der Waals surface area contributed by atoms with E-state index in [0.717, 1.165) is 24.9 Å². The number of carbonyl (C=O) groups is 1. The first-order chi connectivity index (χ1) is 12.1. The number of aliphatic imine (C=N–C) groups is 1. The van der Waals surface area contributed by atoms with Crippen LogP contribution in [-0.2, 0) is 11.3 Å². The van der Waals surface area contributed by atoms with Crippen molar-refractivity contribution in [1.29, 1.82) is 0 Å². The van der Waals surface area contributed by atoms with Crippen molar-refractivity contribution >= 4 is 36.0 Å². The number of hydrogen-bond donors (Lipinski definition) is 3. The van der Waals surface area contributed by atoms with Crippen LogP contribution in [0.4, 0.5) is 9.18 Å². The van der Waals surface area contributed by atoms with Crippen molar-refractivity contribution in [2.75, 3.05) is 19.7 Å². The summed E-state index contributed by atoms with van der Waals surface area (Å²) in [5, 5.41) is 9.35. The molecular weight excluding hydrogens is 450 g/mol. The summed E-state index contributed by atoms with van der Waals surface area (Å²) < 4.78 is 17.9. The first-order valence-electron chi connectivity index (χ1n) is 8.82. The van der Waals surface area contributed by atoms with Gasteiger partial charge < -0.3 is 20.7 Å². The van der Waals surface area contributed by atoms with Gasteiger partial charge in [0, 0.05) is 13.1 Å². The summed E-state index contributed by atoms with van der Waals surface area (Å²) in [6, 6.07) is 6.32. The molecule has 26 heavy (non-hydrogen) atoms. The van der Waals surface area contributed by atoms with Gasteiger partial charge in [-0.3, -0.25) is 0 Å². The van der Waals surface area contributed by atoms with Crippen molar-refractivity contribution < 1.29 is 13.9 Å². The third-order valence-electron chi connectivity index (χ3n) is 3.94. The van der Waals surface area contributed by atoms with Gasteiger partial charge in [-0.15, -0.1) is 24.0 Å². The number of benzene rings is 1. The molecule has 6 nitrogen and oxygen atoms in total. The molecule has 1 fully saturated rings. The summed E-state index contributed by atoms with van der Waals surface area (Å²) >= 11 is 0. The standard InChI is InChI=1S/C18H27FN4O2.HI/c1-3-20-17(21-11-13-5-9-15(19)10-6-13)22-12-16(14-7-8-14)23-18(24)25-4-2;/h5-6,9-10,14,16H,3-4,7-8,11-12H2,1-2H3,(H,23,24)(H2,20,21,22);1H. The van der Waals surface area contributed by atoms with E-state index in [1.54, 1.807) is 19.1 Å². The lowest BCUT2D eigenvalue weighted by atomic mass is 10.2. The number of hydrogen-bond acceptors (Lipinski definition) is 3. The fourth-order valence-corrected chi connectivity index (χ4v) is 2.47. The van der Waals surface area contributed by atoms with E-state index >= 15 is 0 Å². The van der Waals surface area contributed by atoms with Gasteiger partial charge in [-0.05, 0) is 50.3 Å². The third-order valence-corrected chi connectivity index (χ3v) is 3.94. The smallest absolute Gasteiger partial charge is 0.407 e. The summed E-state index contributed by atoms with van der Waals surface area (Å²) in [6.07, 6.45) is 1.85. The predicted octanol–water partition coefficient (Wildman–Crippen LogP) is 3.02. The second-order valence-corrected chi connectivity index (χ2v) is 6.01. The Morgan fingerprint density at radius 3 is 2.54 bits per heavy atom. The van der Waals surface area contributed by atoms with Crippen LogP contribution in [0.15, 0.2) is 29.3 Å². The second-order valence-electron chi connectivity index (χ2n) is 6.01. The molecule has 1 aliphatic rings. The van der Waals surface area contributed by atoms with Crippen LogP contribution in [0.25, 0.3) is 0 Å². The van der Waals surface area contributed by atoms with Gasteiger partial charge >= 0.3 is 6.09 Å². The Kier molecular flexibility index (Phi) is 10.3. The number of nitrogens with zero attached hydrogens (tertiary/aromatic N) is 1. The molecule has 0 radical (unpaired) electrons. The quantitative estimate of drug-likeness (QED) is 0.305. The number of alkyl carbamates (subject to hydrolysis) is 1. The van der Waals surface area contributed by atoms with E-state index in [0.29, 0.717) is 31.6 Å². The molecule has 2 rings (SSSR count). The number of amides is 1. The Morgan fingerprint density at radius 2 is 1.96 bits per heavy atom. The van der Waals surface area contributed by atoms with E-state index < -0.39 is 0 Å². The number of halogens is 2. The largest absolute Gasteiger partial charge is 0.450 e. The molecule has 1 amide bonds. The topological polar surface area (TPSA) is 74.8 Å². The highest BCUT2D eigenvalue weighted by molar-refractivity contribution is 14.0. The first kappa shape index (κ1) is 22.5. The average Bonchev–Trinajstić information content (AvgIpc) is 3.42. The Balaban J connectivity index is 0.00000338. The Bertz CT molecular complexity index is 579. The minimum atomic E-state index is -0.380. The molecular formula is C18H28FIN4O2. The molecule has 8 heteroatoms. The number of guanidine groups is 1. The first-order valence-corrected chi connectivity index (χ1v) is 8.82. The average molecular weight is 478 g/mol. The van der Waals surface area contributed by atoms with E-state index in [4.69, 9.17) is 4.74 Å². The van der Waals surface area contributed by atoms with Crippen molar-refractivity contribution in [3.05, 3.63) is 35.6 Å². The van der Waals surface area contributed by atoms with Gasteiger partial charge in [0.05, 0.1) is 19.2 Å². The van der Waals surface area contributed by atoms with E-state index in [9.17, 15) is 9.18 Å². The lowest BCUT2D eigenvalue weighted by Gasteiger charge is -2.20. The fraction of sp³-hybridized carbons (Fsp3) is 0.556. The van der Waals surface area contributed by atoms with Gasteiger partial charge in [-0.2, -0.15) is 0 Å². The lowest BCUT2D eigenvalue weighted by Crippen LogP contribution is -2.48. The van der Waals surface area contributed by atoms with Crippen LogP contribution in [0.2, 0.25) is 0 Å². The molecule has 0 spiro atoms. The van der Waals surface area contributed by atoms with Crippen LogP contribution in [-0.4, -0.2) is 37.8 Å². The van der Waals surface area contributed by atoms with Crippen molar-refractivity contribution in [1.82, 2.24) is 16.0 Å². The van der Waals surface area contributed by atoms with Crippen LogP contribution < -0.4 is 16.0 Å². The van der Waals surface area contributed by atoms with Crippen LogP contribution in [0, 0.1) is 11.7 Å². The maximum atomic E-state index is 13.0. The minimum Gasteiger partial charge on any atom is -0.450 e. The fourth-order valence-electron chi connectivity index (χ4n) is 2.47. The summed E-state index contributed by atoms with van der Waals surface area (Å²) in [6.45, 7) is 5.90. The predicted molar refractivity (Wildman–Crippen MR) is 111 cm³/mol. The number of carbonyl (C=O) groups excluding carboxylic acids is 1. The molecule has 1 saturated carbocycles. The number of ether oxygens (including phenoxy) is 1. The summed E-state index contributed by atoms with van der Waals surface area (Å²) in [5.74, 6) is 0.898. The zero-order valence-corrected chi connectivity index (χ0v) is 17.6. The monoisotopic (exact) mass is 478 g/mol. The van der Waals surface area contributed by atoms with Gasteiger partial charge in [0.15, 0.2) is 5.96 Å². The van der Waals surface area contributed by atoms with Crippen LogP contribution in [0.5, 0.6) is 0 Å². The summed E-state index contributed by atoms with van der Waals surface area (Å²) in [5.41, 5.74) is 0.932. The molecule has 146 valence electrons. The maximum absolute atomic E-state index is 13.0. The number of rotatable bonds is 8. The van der Waals surface area contributed by atoms with Crippen molar-refractivity contribution in [3.63, 3.8) is 0 Å². The summed E-state index contributed by atoms with van der Waals surface area (Å²) in [4.78, 5) is 16.2. The summed E-state index contributed by atoms with van der Waals surface area (Å²) in [7, 11) is 0. The Morgan fingerprint density at radius 1 is 1.27 bits per heavy atom. The van der Waals surface area contributed by atoms with Crippen LogP contribution in [0.3, 0.4) is 0 Å². The molecule has 3 N–H and O–H groups in total. The highest BCUT2D eigenvalue weighted by Gasteiger charge is 2.32. The zero-order valence-electron chi connectivity index (χ0n) is 15.3. The molecule has 1 aromatic rings. The van der Waals surface area contributed by atoms with E-state index in [-0.39, 0.29) is 41.9 Å². The molecule has 0 aliphatic heterocycles. The molecule has 1 aliphatic carbocycles. The highest BCUT2D eigenvalue weighted by Crippen LogP contribution is 2.32. The highest BCUT2D eigenvalue weighted by atomic mass is 127. The minimum absolute atomic E-state index is 0. The molecule has 0 aromatic heterocycles. The van der Waals surface area contributed by atoms with Crippen LogP contribution in [0.1, 0.15) is 32.3 Å². The van der Waals surface area contributed by atoms with Crippen molar-refractivity contribution in [2.45, 2.75) is 39.3 Å². The van der Waals surface area contributed by atoms with Crippen LogP contribution >= 0.6 is 24.0 Å². The van der Waals surface area contributed by atoms with E-state index in [1.807, 2.05) is 6.92 Å². The molecule has 1 atom stereocenters. The van der Waals surface area contributed by atoms with Crippen molar-refractivity contribution in [3.8, 4) is 0 Å². The van der Waals surface area contributed by atoms with Gasteiger partial charge in [0.1, 0.15) is 5.82 Å². The maximum Gasteiger partial charge on any atom is 0.407 e. The zero-order chi connectivity index (χ0) is 18.1. The molecule has 0 saturated heterocycles. The van der Waals surface area contributed by atoms with Gasteiger partial charge in [0.25, 0.3) is 0 Å². The van der Waals surface area contributed by atoms with E-state index in [1.165, 1.54) is 12.1 Å². The molecule has 1 aromatic carbocycles. The normalized spacial score (nSPS) is 14.8. The van der Waals surface area contributed by atoms with Gasteiger partial charge in [-0.25, -0.2) is 14.2 Å². The Hall–Kier alpha value is -1.58. The SMILES string of the molecule is CCNC(=NCc1ccc(F)cc1)NCC(NC(=O)OCC)C1CC1.I. The lowest BCUT2D eigenvalue weighted by molar-refractivity contribution is 0.146. The molecule has 1 unspecified atom stereocenters. The van der Waals surface area contributed by atoms with Gasteiger partial charge in [-0.1, -0.05) is 12.1 Å². The van der Waals surface area contributed by atoms with E-state index in [2.05, 4.69) is 20.9 Å². The third kappa shape index (κ3) is 8.20. The molecule has 0 heterocycles.